The minimum Gasteiger partial charge on any atom is -0.476 e. The first-order valence-electron chi connectivity index (χ1n) is 6.43. The Morgan fingerprint density at radius 3 is 3.00 bits per heavy atom. The lowest BCUT2D eigenvalue weighted by Crippen LogP contribution is -2.15. The summed E-state index contributed by atoms with van der Waals surface area (Å²) in [5, 5.41) is 12.1. The van der Waals surface area contributed by atoms with Crippen molar-refractivity contribution in [2.45, 2.75) is 19.8 Å². The van der Waals surface area contributed by atoms with Gasteiger partial charge >= 0.3 is 0 Å². The van der Waals surface area contributed by atoms with Crippen LogP contribution in [0, 0.1) is 11.8 Å². The fourth-order valence-corrected chi connectivity index (χ4v) is 1.49. The summed E-state index contributed by atoms with van der Waals surface area (Å²) in [6, 6.07) is 3.62. The van der Waals surface area contributed by atoms with Gasteiger partial charge in [0.05, 0.1) is 12.3 Å². The van der Waals surface area contributed by atoms with E-state index in [0.717, 1.165) is 5.82 Å². The number of nitrogens with one attached hydrogen (secondary N) is 1. The Morgan fingerprint density at radius 1 is 1.56 bits per heavy atom. The highest BCUT2D eigenvalue weighted by Gasteiger charge is 2.22. The Kier molecular flexibility index (Phi) is 4.25. The molecule has 1 aliphatic rings. The number of anilines is 2. The van der Waals surface area contributed by atoms with Gasteiger partial charge < -0.3 is 20.9 Å². The van der Waals surface area contributed by atoms with Crippen molar-refractivity contribution in [1.82, 2.24) is 4.98 Å². The predicted octanol–water partition coefficient (Wildman–Crippen LogP) is 1.49. The average molecular weight is 251 g/mol. The van der Waals surface area contributed by atoms with Gasteiger partial charge in [0.25, 0.3) is 0 Å². The van der Waals surface area contributed by atoms with Crippen LogP contribution in [-0.2, 0) is 0 Å². The maximum absolute atomic E-state index is 8.96. The lowest BCUT2D eigenvalue weighted by Gasteiger charge is -2.12. The van der Waals surface area contributed by atoms with Gasteiger partial charge in [-0.3, -0.25) is 0 Å². The number of nitrogens with two attached hydrogens (primary N) is 1. The summed E-state index contributed by atoms with van der Waals surface area (Å²) in [6.07, 6.45) is 2.48. The summed E-state index contributed by atoms with van der Waals surface area (Å²) in [7, 11) is 0. The molecule has 0 aliphatic heterocycles. The van der Waals surface area contributed by atoms with E-state index in [1.54, 1.807) is 6.07 Å². The third-order valence-corrected chi connectivity index (χ3v) is 2.99. The van der Waals surface area contributed by atoms with Crippen LogP contribution in [0.25, 0.3) is 0 Å². The Bertz CT molecular complexity index is 394. The summed E-state index contributed by atoms with van der Waals surface area (Å²) in [5.41, 5.74) is 6.39. The third-order valence-electron chi connectivity index (χ3n) is 2.99. The minimum atomic E-state index is 0.160. The van der Waals surface area contributed by atoms with Crippen LogP contribution in [0.2, 0.25) is 0 Å². The molecule has 4 N–H and O–H groups in total. The minimum absolute atomic E-state index is 0.160. The van der Waals surface area contributed by atoms with Crippen molar-refractivity contribution in [1.29, 1.82) is 0 Å². The number of aliphatic hydroxyl groups is 1. The summed E-state index contributed by atoms with van der Waals surface area (Å²) in [6.45, 7) is 3.50. The zero-order chi connectivity index (χ0) is 13.0. The molecule has 18 heavy (non-hydrogen) atoms. The molecule has 0 radical (unpaired) electrons. The summed E-state index contributed by atoms with van der Waals surface area (Å²) in [5.74, 6) is 2.11. The van der Waals surface area contributed by atoms with Gasteiger partial charge in [0, 0.05) is 13.2 Å². The molecule has 0 amide bonds. The number of aliphatic hydroxyl groups excluding tert-OH is 1. The zero-order valence-electron chi connectivity index (χ0n) is 10.7. The Morgan fingerprint density at radius 2 is 2.33 bits per heavy atom. The van der Waals surface area contributed by atoms with Crippen molar-refractivity contribution in [3.05, 3.63) is 12.1 Å². The molecule has 2 rings (SSSR count). The summed E-state index contributed by atoms with van der Waals surface area (Å²) < 4.78 is 5.61. The molecule has 5 nitrogen and oxygen atoms in total. The van der Waals surface area contributed by atoms with E-state index in [1.807, 2.05) is 13.0 Å². The fourth-order valence-electron chi connectivity index (χ4n) is 1.49. The van der Waals surface area contributed by atoms with Crippen LogP contribution in [0.15, 0.2) is 12.1 Å². The lowest BCUT2D eigenvalue weighted by atomic mass is 10.2. The van der Waals surface area contributed by atoms with Crippen molar-refractivity contribution in [2.24, 2.45) is 11.8 Å². The number of ether oxygens (including phenoxy) is 1. The quantitative estimate of drug-likeness (QED) is 0.684. The molecule has 1 unspecified atom stereocenters. The highest BCUT2D eigenvalue weighted by Crippen LogP contribution is 2.30. The Balaban J connectivity index is 1.91. The number of aromatic nitrogens is 1. The number of pyridine rings is 1. The van der Waals surface area contributed by atoms with Crippen LogP contribution >= 0.6 is 0 Å². The van der Waals surface area contributed by atoms with Crippen LogP contribution < -0.4 is 15.8 Å². The van der Waals surface area contributed by atoms with E-state index in [1.165, 1.54) is 12.8 Å². The fraction of sp³-hybridized carbons (Fsp3) is 0.615. The molecule has 100 valence electrons. The number of hydrogen-bond donors (Lipinski definition) is 3. The summed E-state index contributed by atoms with van der Waals surface area (Å²) >= 11 is 0. The first-order valence-corrected chi connectivity index (χ1v) is 6.43. The van der Waals surface area contributed by atoms with Crippen LogP contribution in [-0.4, -0.2) is 29.8 Å². The number of hydrogen-bond acceptors (Lipinski definition) is 5. The largest absolute Gasteiger partial charge is 0.476 e. The van der Waals surface area contributed by atoms with Crippen molar-refractivity contribution in [3.63, 3.8) is 0 Å². The van der Waals surface area contributed by atoms with Gasteiger partial charge in [-0.25, -0.2) is 0 Å². The molecular weight excluding hydrogens is 230 g/mol. The average Bonchev–Trinajstić information content (AvgIpc) is 3.19. The van der Waals surface area contributed by atoms with Gasteiger partial charge in [0.1, 0.15) is 5.82 Å². The van der Waals surface area contributed by atoms with E-state index in [0.29, 0.717) is 30.6 Å². The monoisotopic (exact) mass is 251 g/mol. The van der Waals surface area contributed by atoms with E-state index in [4.69, 9.17) is 15.6 Å². The molecular formula is C13H21N3O2. The summed E-state index contributed by atoms with van der Waals surface area (Å²) in [4.78, 5) is 4.34. The molecule has 1 aromatic rings. The molecule has 5 heteroatoms. The normalized spacial score (nSPS) is 16.3. The number of nitrogens with zero attached hydrogens (tertiary/aromatic N) is 1. The first kappa shape index (κ1) is 13.0. The molecule has 1 aliphatic carbocycles. The van der Waals surface area contributed by atoms with Crippen LogP contribution in [0.1, 0.15) is 19.8 Å². The second kappa shape index (κ2) is 5.91. The van der Waals surface area contributed by atoms with Gasteiger partial charge in [0.15, 0.2) is 0 Å². The smallest absolute Gasteiger partial charge is 0.239 e. The Hall–Kier alpha value is -1.49. The van der Waals surface area contributed by atoms with Crippen LogP contribution in [0.3, 0.4) is 0 Å². The molecule has 1 aromatic heterocycles. The zero-order valence-corrected chi connectivity index (χ0v) is 10.7. The maximum atomic E-state index is 8.96. The predicted molar refractivity (Wildman–Crippen MR) is 71.6 cm³/mol. The first-order chi connectivity index (χ1) is 8.69. The third kappa shape index (κ3) is 3.77. The second-order valence-electron chi connectivity index (χ2n) is 5.01. The van der Waals surface area contributed by atoms with Gasteiger partial charge in [-0.05, 0) is 36.8 Å². The van der Waals surface area contributed by atoms with Crippen molar-refractivity contribution < 1.29 is 9.84 Å². The molecule has 0 bridgehead atoms. The number of nitrogen functional groups attached to an aromatic ring is 1. The van der Waals surface area contributed by atoms with E-state index < -0.39 is 0 Å². The highest BCUT2D eigenvalue weighted by molar-refractivity contribution is 5.53. The van der Waals surface area contributed by atoms with Gasteiger partial charge in [-0.1, -0.05) is 6.92 Å². The van der Waals surface area contributed by atoms with Crippen LogP contribution in [0.5, 0.6) is 5.88 Å². The SMILES string of the molecule is CC(CO)CNc1ccc(N)c(OCC2CC2)n1. The molecule has 0 aromatic carbocycles. The van der Waals surface area contributed by atoms with Crippen molar-refractivity contribution in [3.8, 4) is 5.88 Å². The van der Waals surface area contributed by atoms with Gasteiger partial charge in [-0.2, -0.15) is 4.98 Å². The lowest BCUT2D eigenvalue weighted by molar-refractivity contribution is 0.244. The van der Waals surface area contributed by atoms with Crippen molar-refractivity contribution >= 4 is 11.5 Å². The molecule has 1 atom stereocenters. The second-order valence-corrected chi connectivity index (χ2v) is 5.01. The van der Waals surface area contributed by atoms with E-state index in [2.05, 4.69) is 10.3 Å². The topological polar surface area (TPSA) is 80.4 Å². The molecule has 0 spiro atoms. The molecule has 1 saturated carbocycles. The van der Waals surface area contributed by atoms with Gasteiger partial charge in [-0.15, -0.1) is 0 Å². The van der Waals surface area contributed by atoms with Crippen LogP contribution in [0.4, 0.5) is 11.5 Å². The van der Waals surface area contributed by atoms with Gasteiger partial charge in [0.2, 0.25) is 5.88 Å². The highest BCUT2D eigenvalue weighted by atomic mass is 16.5. The standard InChI is InChI=1S/C13H21N3O2/c1-9(7-17)6-15-12-5-4-11(14)13(16-12)18-8-10-2-3-10/h4-5,9-10,17H,2-3,6-8,14H2,1H3,(H,15,16). The molecule has 0 saturated heterocycles. The molecule has 1 fully saturated rings. The van der Waals surface area contributed by atoms with Crippen molar-refractivity contribution in [2.75, 3.05) is 30.8 Å². The Labute approximate surface area is 107 Å². The molecule has 1 heterocycles. The van der Waals surface area contributed by atoms with E-state index in [-0.39, 0.29) is 12.5 Å². The number of rotatable bonds is 7. The van der Waals surface area contributed by atoms with E-state index >= 15 is 0 Å². The maximum Gasteiger partial charge on any atom is 0.239 e. The van der Waals surface area contributed by atoms with E-state index in [9.17, 15) is 0 Å².